The van der Waals surface area contributed by atoms with E-state index in [1.165, 1.54) is 11.8 Å². The van der Waals surface area contributed by atoms with E-state index in [1.54, 1.807) is 37.4 Å². The Balaban J connectivity index is 1.66. The molecule has 8 heteroatoms. The molecule has 0 spiro atoms. The maximum atomic E-state index is 13.8. The van der Waals surface area contributed by atoms with Crippen molar-refractivity contribution in [1.29, 1.82) is 0 Å². The first-order valence-electron chi connectivity index (χ1n) is 14.0. The van der Waals surface area contributed by atoms with Crippen molar-refractivity contribution in [3.05, 3.63) is 88.5 Å². The van der Waals surface area contributed by atoms with Gasteiger partial charge in [-0.05, 0) is 105 Å². The van der Waals surface area contributed by atoms with Crippen molar-refractivity contribution in [2.45, 2.75) is 59.3 Å². The number of ether oxygens (including phenoxy) is 2. The fourth-order valence-electron chi connectivity index (χ4n) is 5.13. The zero-order valence-corrected chi connectivity index (χ0v) is 24.7. The molecular formula is C34H37NO7. The van der Waals surface area contributed by atoms with E-state index in [-0.39, 0.29) is 36.5 Å². The van der Waals surface area contributed by atoms with Gasteiger partial charge in [0.25, 0.3) is 5.91 Å². The lowest BCUT2D eigenvalue weighted by molar-refractivity contribution is -0.143. The topological polar surface area (TPSA) is 110 Å². The van der Waals surface area contributed by atoms with Crippen molar-refractivity contribution in [2.24, 2.45) is 5.41 Å². The molecule has 0 radical (unpaired) electrons. The number of nitrogens with zero attached hydrogens (tertiary/aromatic N) is 1. The molecule has 0 saturated heterocycles. The largest absolute Gasteiger partial charge is 0.497 e. The molecule has 0 aliphatic heterocycles. The first-order valence-corrected chi connectivity index (χ1v) is 14.0. The molecule has 0 unspecified atom stereocenters. The lowest BCUT2D eigenvalue weighted by Crippen LogP contribution is -2.36. The maximum absolute atomic E-state index is 13.8. The number of hydrogen-bond acceptors (Lipinski definition) is 6. The highest BCUT2D eigenvalue weighted by Gasteiger charge is 2.29. The van der Waals surface area contributed by atoms with Gasteiger partial charge in [0.2, 0.25) is 0 Å². The van der Waals surface area contributed by atoms with Gasteiger partial charge in [0.05, 0.1) is 31.2 Å². The summed E-state index contributed by atoms with van der Waals surface area (Å²) in [5.41, 5.74) is 4.13. The SMILES string of the molecule is COc1ccc([C@@H]2CCc3cc(OC(=O)C(C)(C)C)ccc3C2)c(N(CC(C)=O)C(=O)c2ccc(CC(=O)O)cc2)c1. The summed E-state index contributed by atoms with van der Waals surface area (Å²) < 4.78 is 11.1. The number of rotatable bonds is 9. The minimum atomic E-state index is -0.954. The Labute approximate surface area is 246 Å². The van der Waals surface area contributed by atoms with Crippen LogP contribution in [0.25, 0.3) is 0 Å². The second-order valence-corrected chi connectivity index (χ2v) is 11.8. The van der Waals surface area contributed by atoms with Gasteiger partial charge >= 0.3 is 11.9 Å². The standard InChI is InChI=1S/C34H37NO7/c1-21(36)20-35(32(39)23-8-6-22(7-9-23)16-31(37)38)30-19-27(41-5)14-15-29(30)26-11-10-25-18-28(13-12-24(25)17-26)42-33(40)34(2,3)4/h6-9,12-15,18-19,26H,10-11,16-17,20H2,1-5H3,(H,37,38)/t26-/m1/s1. The van der Waals surface area contributed by atoms with Gasteiger partial charge in [0, 0.05) is 11.6 Å². The fourth-order valence-corrected chi connectivity index (χ4v) is 5.13. The molecule has 42 heavy (non-hydrogen) atoms. The van der Waals surface area contributed by atoms with E-state index in [0.717, 1.165) is 29.5 Å². The molecule has 0 aromatic heterocycles. The molecule has 220 valence electrons. The minimum absolute atomic E-state index is 0.0709. The van der Waals surface area contributed by atoms with Crippen molar-refractivity contribution in [1.82, 2.24) is 0 Å². The predicted molar refractivity (Wildman–Crippen MR) is 159 cm³/mol. The number of benzene rings is 3. The van der Waals surface area contributed by atoms with Crippen LogP contribution in [0.15, 0.2) is 60.7 Å². The van der Waals surface area contributed by atoms with Crippen molar-refractivity contribution >= 4 is 29.3 Å². The Kier molecular flexibility index (Phi) is 9.14. The molecule has 3 aromatic rings. The zero-order chi connectivity index (χ0) is 30.6. The second kappa shape index (κ2) is 12.6. The van der Waals surface area contributed by atoms with Crippen molar-refractivity contribution < 1.29 is 33.8 Å². The normalized spacial score (nSPS) is 14.5. The van der Waals surface area contributed by atoms with Gasteiger partial charge in [-0.3, -0.25) is 19.2 Å². The van der Waals surface area contributed by atoms with Crippen LogP contribution in [0.2, 0.25) is 0 Å². The fraction of sp³-hybridized carbons (Fsp3) is 0.353. The Morgan fingerprint density at radius 3 is 2.24 bits per heavy atom. The van der Waals surface area contributed by atoms with E-state index in [0.29, 0.717) is 34.7 Å². The molecule has 4 rings (SSSR count). The van der Waals surface area contributed by atoms with Crippen LogP contribution in [0, 0.1) is 5.41 Å². The predicted octanol–water partition coefficient (Wildman–Crippen LogP) is 5.78. The molecule has 8 nitrogen and oxygen atoms in total. The summed E-state index contributed by atoms with van der Waals surface area (Å²) in [5, 5.41) is 9.08. The summed E-state index contributed by atoms with van der Waals surface area (Å²) in [6.07, 6.45) is 2.14. The van der Waals surface area contributed by atoms with Crippen molar-refractivity contribution in [3.8, 4) is 11.5 Å². The number of carbonyl (C=O) groups excluding carboxylic acids is 3. The summed E-state index contributed by atoms with van der Waals surface area (Å²) in [6.45, 7) is 6.77. The number of fused-ring (bicyclic) bond motifs is 1. The van der Waals surface area contributed by atoms with Gasteiger partial charge in [-0.25, -0.2) is 0 Å². The molecule has 1 amide bonds. The highest BCUT2D eigenvalue weighted by atomic mass is 16.5. The third kappa shape index (κ3) is 7.24. The molecule has 1 aliphatic carbocycles. The Morgan fingerprint density at radius 2 is 1.62 bits per heavy atom. The molecule has 1 atom stereocenters. The van der Waals surface area contributed by atoms with Crippen LogP contribution in [0.3, 0.4) is 0 Å². The summed E-state index contributed by atoms with van der Waals surface area (Å²) in [6, 6.07) is 17.8. The lowest BCUT2D eigenvalue weighted by atomic mass is 9.79. The van der Waals surface area contributed by atoms with E-state index in [1.807, 2.05) is 51.1 Å². The van der Waals surface area contributed by atoms with Crippen LogP contribution in [0.1, 0.15) is 72.6 Å². The molecule has 3 aromatic carbocycles. The number of carboxylic acids is 1. The maximum Gasteiger partial charge on any atom is 0.316 e. The number of esters is 1. The Bertz CT molecular complexity index is 1500. The Hall–Kier alpha value is -4.46. The van der Waals surface area contributed by atoms with Gasteiger partial charge in [-0.15, -0.1) is 0 Å². The number of carboxylic acid groups (broad SMARTS) is 1. The number of ketones is 1. The van der Waals surface area contributed by atoms with E-state index < -0.39 is 11.4 Å². The van der Waals surface area contributed by atoms with E-state index in [4.69, 9.17) is 14.6 Å². The quantitative estimate of drug-likeness (QED) is 0.256. The first kappa shape index (κ1) is 30.5. The summed E-state index contributed by atoms with van der Waals surface area (Å²) in [4.78, 5) is 51.1. The first-order chi connectivity index (χ1) is 19.8. The van der Waals surface area contributed by atoms with E-state index in [9.17, 15) is 19.2 Å². The van der Waals surface area contributed by atoms with Crippen LogP contribution in [-0.4, -0.2) is 42.4 Å². The van der Waals surface area contributed by atoms with E-state index in [2.05, 4.69) is 0 Å². The van der Waals surface area contributed by atoms with Crippen LogP contribution in [0.5, 0.6) is 11.5 Å². The number of aliphatic carboxylic acids is 1. The van der Waals surface area contributed by atoms with Crippen molar-refractivity contribution in [3.63, 3.8) is 0 Å². The number of carbonyl (C=O) groups is 4. The molecule has 0 saturated carbocycles. The highest BCUT2D eigenvalue weighted by Crippen LogP contribution is 2.40. The second-order valence-electron chi connectivity index (χ2n) is 11.8. The number of anilines is 1. The van der Waals surface area contributed by atoms with Crippen LogP contribution < -0.4 is 14.4 Å². The van der Waals surface area contributed by atoms with Crippen LogP contribution in [0.4, 0.5) is 5.69 Å². The smallest absolute Gasteiger partial charge is 0.316 e. The number of amides is 1. The number of hydrogen-bond donors (Lipinski definition) is 1. The number of aryl methyl sites for hydroxylation is 1. The molecule has 0 heterocycles. The molecule has 0 fully saturated rings. The van der Waals surface area contributed by atoms with Gasteiger partial charge in [0.1, 0.15) is 17.3 Å². The van der Waals surface area contributed by atoms with Gasteiger partial charge in [-0.1, -0.05) is 24.3 Å². The van der Waals surface area contributed by atoms with Crippen LogP contribution >= 0.6 is 0 Å². The average Bonchev–Trinajstić information content (AvgIpc) is 2.94. The molecule has 0 bridgehead atoms. The Morgan fingerprint density at radius 1 is 0.929 bits per heavy atom. The number of methoxy groups -OCH3 is 1. The lowest BCUT2D eigenvalue weighted by Gasteiger charge is -2.31. The summed E-state index contributed by atoms with van der Waals surface area (Å²) in [7, 11) is 1.55. The average molecular weight is 572 g/mol. The summed E-state index contributed by atoms with van der Waals surface area (Å²) in [5.74, 6) is -0.607. The monoisotopic (exact) mass is 571 g/mol. The van der Waals surface area contributed by atoms with Gasteiger partial charge in [0.15, 0.2) is 0 Å². The highest BCUT2D eigenvalue weighted by molar-refractivity contribution is 6.09. The van der Waals surface area contributed by atoms with Crippen LogP contribution in [-0.2, 0) is 33.6 Å². The van der Waals surface area contributed by atoms with Gasteiger partial charge < -0.3 is 19.5 Å². The van der Waals surface area contributed by atoms with Gasteiger partial charge in [-0.2, -0.15) is 0 Å². The third-order valence-corrected chi connectivity index (χ3v) is 7.38. The molecule has 1 N–H and O–H groups in total. The summed E-state index contributed by atoms with van der Waals surface area (Å²) >= 11 is 0. The minimum Gasteiger partial charge on any atom is -0.497 e. The third-order valence-electron chi connectivity index (χ3n) is 7.38. The molecule has 1 aliphatic rings. The van der Waals surface area contributed by atoms with Crippen molar-refractivity contribution in [2.75, 3.05) is 18.6 Å². The van der Waals surface area contributed by atoms with E-state index >= 15 is 0 Å². The molecular weight excluding hydrogens is 534 g/mol. The zero-order valence-electron chi connectivity index (χ0n) is 24.7. The number of Topliss-reactive ketones (excluding diaryl/α,β-unsaturated/α-hetero) is 1.